The quantitative estimate of drug-likeness (QED) is 0.366. The molecule has 0 unspecified atom stereocenters. The summed E-state index contributed by atoms with van der Waals surface area (Å²) in [5.74, 6) is -1.62. The summed E-state index contributed by atoms with van der Waals surface area (Å²) in [6.45, 7) is 0. The number of aliphatic hydroxyl groups is 1. The number of hydrogen-bond donors (Lipinski definition) is 1. The van der Waals surface area contributed by atoms with E-state index in [1.807, 2.05) is 6.07 Å². The Kier molecular flexibility index (Phi) is 5.32. The second-order valence-corrected chi connectivity index (χ2v) is 7.63. The van der Waals surface area contributed by atoms with E-state index in [1.165, 1.54) is 18.4 Å². The molecule has 0 saturated heterocycles. The third kappa shape index (κ3) is 4.02. The van der Waals surface area contributed by atoms with Gasteiger partial charge in [-0.3, -0.25) is 0 Å². The van der Waals surface area contributed by atoms with E-state index < -0.39 is 12.0 Å². The van der Waals surface area contributed by atoms with Crippen molar-refractivity contribution in [1.29, 1.82) is 5.26 Å². The molecule has 0 bridgehead atoms. The van der Waals surface area contributed by atoms with Crippen molar-refractivity contribution in [2.24, 2.45) is 7.05 Å². The number of aromatic nitrogens is 4. The van der Waals surface area contributed by atoms with E-state index in [0.717, 1.165) is 21.0 Å². The maximum atomic E-state index is 12.7. The van der Waals surface area contributed by atoms with Gasteiger partial charge in [-0.05, 0) is 18.2 Å². The average molecular weight is 432 g/mol. The summed E-state index contributed by atoms with van der Waals surface area (Å²) in [4.78, 5) is 4.28. The normalized spacial score (nSPS) is 12.9. The van der Waals surface area contributed by atoms with Gasteiger partial charge in [0.05, 0.1) is 16.0 Å². The Balaban J connectivity index is 1.85. The molecule has 0 fully saturated rings. The number of halogens is 4. The number of aliphatic hydroxyl groups excluding tert-OH is 1. The lowest BCUT2D eigenvalue weighted by atomic mass is 10.2. The summed E-state index contributed by atoms with van der Waals surface area (Å²) in [6.07, 6.45) is -4.63. The van der Waals surface area contributed by atoms with Crippen molar-refractivity contribution in [2.45, 2.75) is 11.3 Å². The molecule has 6 nitrogen and oxygen atoms in total. The number of fused-ring (bicyclic) bond motifs is 1. The largest absolute Gasteiger partial charge is 0.510 e. The number of thioether (sulfide) groups is 1. The fourth-order valence-electron chi connectivity index (χ4n) is 2.14. The lowest BCUT2D eigenvalue weighted by molar-refractivity contribution is -0.147. The van der Waals surface area contributed by atoms with Gasteiger partial charge >= 0.3 is 6.18 Å². The highest BCUT2D eigenvalue weighted by Crippen LogP contribution is 2.32. The molecule has 2 heterocycles. The molecule has 0 spiro atoms. The monoisotopic (exact) mass is 431 g/mol. The van der Waals surface area contributed by atoms with E-state index in [4.69, 9.17) is 11.6 Å². The minimum Gasteiger partial charge on any atom is -0.510 e. The van der Waals surface area contributed by atoms with Crippen LogP contribution in [0, 0.1) is 11.3 Å². The van der Waals surface area contributed by atoms with Crippen LogP contribution < -0.4 is 0 Å². The van der Waals surface area contributed by atoms with Gasteiger partial charge in [0.15, 0.2) is 5.16 Å². The number of thiazole rings is 1. The van der Waals surface area contributed by atoms with Crippen molar-refractivity contribution in [2.75, 3.05) is 5.75 Å². The van der Waals surface area contributed by atoms with E-state index in [-0.39, 0.29) is 22.2 Å². The van der Waals surface area contributed by atoms with Gasteiger partial charge in [0, 0.05) is 12.1 Å². The van der Waals surface area contributed by atoms with E-state index in [0.29, 0.717) is 15.5 Å². The summed E-state index contributed by atoms with van der Waals surface area (Å²) in [7, 11) is 1.18. The van der Waals surface area contributed by atoms with Gasteiger partial charge in [-0.1, -0.05) is 23.4 Å². The van der Waals surface area contributed by atoms with Crippen LogP contribution in [0.3, 0.4) is 0 Å². The zero-order valence-corrected chi connectivity index (χ0v) is 15.8. The van der Waals surface area contributed by atoms with Crippen molar-refractivity contribution >= 4 is 50.5 Å². The first kappa shape index (κ1) is 19.5. The highest BCUT2D eigenvalue weighted by atomic mass is 35.5. The van der Waals surface area contributed by atoms with Crippen LogP contribution in [0.1, 0.15) is 10.8 Å². The molecule has 0 amide bonds. The molecule has 0 atom stereocenters. The molecule has 140 valence electrons. The fraction of sp³-hybridized carbons (Fsp3) is 0.200. The molecule has 0 aliphatic heterocycles. The summed E-state index contributed by atoms with van der Waals surface area (Å²) >= 11 is 7.93. The zero-order valence-electron chi connectivity index (χ0n) is 13.5. The Morgan fingerprint density at radius 3 is 2.78 bits per heavy atom. The van der Waals surface area contributed by atoms with Gasteiger partial charge in [-0.15, -0.1) is 21.5 Å². The standard InChI is InChI=1S/C15H9ClF3N5OS2/c1-24-13(15(17,18)19)22-23-14(24)26-6-10(25)8(5-20)12-21-9-4-7(16)2-3-11(9)27-12/h2-4,25H,6H2,1H3/b10-8+. The second kappa shape index (κ2) is 7.38. The van der Waals surface area contributed by atoms with Crippen LogP contribution >= 0.6 is 34.7 Å². The maximum Gasteiger partial charge on any atom is 0.451 e. The molecule has 2 aromatic heterocycles. The number of nitrogens with zero attached hydrogens (tertiary/aromatic N) is 5. The number of nitriles is 1. The van der Waals surface area contributed by atoms with Crippen LogP contribution in [-0.2, 0) is 13.2 Å². The van der Waals surface area contributed by atoms with Crippen LogP contribution in [0.2, 0.25) is 5.02 Å². The molecule has 0 aliphatic rings. The number of hydrogen-bond acceptors (Lipinski definition) is 7. The fourth-order valence-corrected chi connectivity index (χ4v) is 4.05. The lowest BCUT2D eigenvalue weighted by Gasteiger charge is -2.06. The molecule has 27 heavy (non-hydrogen) atoms. The number of allylic oxidation sites excluding steroid dienone is 1. The van der Waals surface area contributed by atoms with E-state index in [9.17, 15) is 23.5 Å². The molecule has 0 saturated carbocycles. The van der Waals surface area contributed by atoms with Gasteiger partial charge in [0.1, 0.15) is 22.4 Å². The second-order valence-electron chi connectivity index (χ2n) is 5.22. The van der Waals surface area contributed by atoms with Crippen molar-refractivity contribution in [3.05, 3.63) is 39.8 Å². The summed E-state index contributed by atoms with van der Waals surface area (Å²) in [6, 6.07) is 6.95. The first-order chi connectivity index (χ1) is 12.7. The van der Waals surface area contributed by atoms with Gasteiger partial charge in [-0.2, -0.15) is 18.4 Å². The molecular formula is C15H9ClF3N5OS2. The van der Waals surface area contributed by atoms with Gasteiger partial charge < -0.3 is 9.67 Å². The Bertz CT molecular complexity index is 1080. The highest BCUT2D eigenvalue weighted by Gasteiger charge is 2.37. The smallest absolute Gasteiger partial charge is 0.451 e. The predicted octanol–water partition coefficient (Wildman–Crippen LogP) is 4.68. The number of rotatable bonds is 4. The third-order valence-electron chi connectivity index (χ3n) is 3.39. The molecule has 12 heteroatoms. The van der Waals surface area contributed by atoms with Gasteiger partial charge in [0.25, 0.3) is 0 Å². The van der Waals surface area contributed by atoms with E-state index in [2.05, 4.69) is 15.2 Å². The van der Waals surface area contributed by atoms with E-state index in [1.54, 1.807) is 18.2 Å². The first-order valence-corrected chi connectivity index (χ1v) is 9.36. The van der Waals surface area contributed by atoms with Gasteiger partial charge in [0.2, 0.25) is 5.82 Å². The van der Waals surface area contributed by atoms with Crippen molar-refractivity contribution in [3.8, 4) is 6.07 Å². The van der Waals surface area contributed by atoms with Crippen molar-refractivity contribution in [1.82, 2.24) is 19.7 Å². The minimum absolute atomic E-state index is 0.0396. The van der Waals surface area contributed by atoms with Gasteiger partial charge in [-0.25, -0.2) is 4.98 Å². The lowest BCUT2D eigenvalue weighted by Crippen LogP contribution is -2.13. The maximum absolute atomic E-state index is 12.7. The Hall–Kier alpha value is -2.29. The Labute approximate surface area is 163 Å². The molecule has 0 radical (unpaired) electrons. The Morgan fingerprint density at radius 1 is 1.41 bits per heavy atom. The average Bonchev–Trinajstić information content (AvgIpc) is 3.16. The SMILES string of the molecule is Cn1c(SC/C(O)=C(/C#N)c2nc3cc(Cl)ccc3s2)nnc1C(F)(F)F. The molecule has 3 aromatic rings. The summed E-state index contributed by atoms with van der Waals surface area (Å²) in [5.41, 5.74) is 0.525. The molecular weight excluding hydrogens is 423 g/mol. The number of alkyl halides is 3. The van der Waals surface area contributed by atoms with Crippen molar-refractivity contribution in [3.63, 3.8) is 0 Å². The summed E-state index contributed by atoms with van der Waals surface area (Å²) in [5, 5.41) is 27.0. The Morgan fingerprint density at radius 2 is 2.15 bits per heavy atom. The third-order valence-corrected chi connectivity index (χ3v) is 5.71. The molecule has 0 aliphatic carbocycles. The van der Waals surface area contributed by atoms with Crippen LogP contribution in [0.15, 0.2) is 29.1 Å². The van der Waals surface area contributed by atoms with Crippen LogP contribution in [-0.4, -0.2) is 30.6 Å². The zero-order chi connectivity index (χ0) is 19.8. The highest BCUT2D eigenvalue weighted by molar-refractivity contribution is 7.99. The molecule has 3 rings (SSSR count). The number of benzene rings is 1. The van der Waals surface area contributed by atoms with Crippen LogP contribution in [0.5, 0.6) is 0 Å². The summed E-state index contributed by atoms with van der Waals surface area (Å²) < 4.78 is 39.8. The van der Waals surface area contributed by atoms with Crippen LogP contribution in [0.4, 0.5) is 13.2 Å². The van der Waals surface area contributed by atoms with Crippen LogP contribution in [0.25, 0.3) is 15.8 Å². The van der Waals surface area contributed by atoms with Crippen molar-refractivity contribution < 1.29 is 18.3 Å². The molecule has 1 aromatic carbocycles. The minimum atomic E-state index is -4.63. The topological polar surface area (TPSA) is 87.6 Å². The predicted molar refractivity (Wildman–Crippen MR) is 96.5 cm³/mol. The molecule has 1 N–H and O–H groups in total. The first-order valence-electron chi connectivity index (χ1n) is 7.18. The van der Waals surface area contributed by atoms with E-state index >= 15 is 0 Å².